The van der Waals surface area contributed by atoms with Crippen LogP contribution in [0.15, 0.2) is 24.3 Å². The Hall–Kier alpha value is -1.91. The van der Waals surface area contributed by atoms with Crippen LogP contribution in [0.2, 0.25) is 0 Å². The molecule has 2 rings (SSSR count). The van der Waals surface area contributed by atoms with Gasteiger partial charge in [0.25, 0.3) is 0 Å². The van der Waals surface area contributed by atoms with Gasteiger partial charge in [-0.2, -0.15) is 0 Å². The number of aliphatic carboxylic acids is 1. The molecule has 1 amide bonds. The quantitative estimate of drug-likeness (QED) is 0.934. The molecule has 22 heavy (non-hydrogen) atoms. The fraction of sp³-hybridized carbons (Fsp3) is 0.529. The summed E-state index contributed by atoms with van der Waals surface area (Å²) in [5, 5.41) is 9.22. The van der Waals surface area contributed by atoms with Crippen LogP contribution in [0, 0.1) is 17.7 Å². The summed E-state index contributed by atoms with van der Waals surface area (Å²) in [6, 6.07) is 6.23. The number of carbonyl (C=O) groups excluding carboxylic acids is 1. The van der Waals surface area contributed by atoms with Gasteiger partial charge >= 0.3 is 5.97 Å². The number of halogens is 1. The van der Waals surface area contributed by atoms with E-state index in [1.54, 1.807) is 36.9 Å². The van der Waals surface area contributed by atoms with E-state index in [0.29, 0.717) is 18.5 Å². The van der Waals surface area contributed by atoms with Crippen LogP contribution in [0.1, 0.15) is 32.8 Å². The van der Waals surface area contributed by atoms with E-state index in [2.05, 4.69) is 0 Å². The smallest absolute Gasteiger partial charge is 0.308 e. The molecular formula is C17H22FNO3. The molecule has 120 valence electrons. The molecule has 0 radical (unpaired) electrons. The fourth-order valence-electron chi connectivity index (χ4n) is 3.17. The largest absolute Gasteiger partial charge is 0.481 e. The van der Waals surface area contributed by atoms with Crippen molar-refractivity contribution in [3.63, 3.8) is 0 Å². The normalized spacial score (nSPS) is 22.5. The summed E-state index contributed by atoms with van der Waals surface area (Å²) < 4.78 is 14.0. The third kappa shape index (κ3) is 3.13. The van der Waals surface area contributed by atoms with Crippen LogP contribution in [-0.4, -0.2) is 35.0 Å². The highest BCUT2D eigenvalue weighted by atomic mass is 19.1. The molecule has 1 N–H and O–H groups in total. The average molecular weight is 307 g/mol. The predicted molar refractivity (Wildman–Crippen MR) is 80.9 cm³/mol. The van der Waals surface area contributed by atoms with Gasteiger partial charge in [-0.25, -0.2) is 4.39 Å². The average Bonchev–Trinajstić information content (AvgIpc) is 2.46. The Labute approximate surface area is 129 Å². The standard InChI is InChI=1S/C17H22FNO3/c1-11-8-12(15(20)21)10-19(9-11)16(22)17(2,3)13-6-4-5-7-14(13)18/h4-7,11-12H,8-10H2,1-3H3,(H,20,21). The van der Waals surface area contributed by atoms with Crippen molar-refractivity contribution in [3.8, 4) is 0 Å². The maximum absolute atomic E-state index is 14.0. The lowest BCUT2D eigenvalue weighted by atomic mass is 9.81. The molecule has 1 heterocycles. The lowest BCUT2D eigenvalue weighted by Gasteiger charge is -2.39. The lowest BCUT2D eigenvalue weighted by Crippen LogP contribution is -2.51. The zero-order valence-corrected chi connectivity index (χ0v) is 13.2. The van der Waals surface area contributed by atoms with E-state index in [1.165, 1.54) is 6.07 Å². The third-order valence-corrected chi connectivity index (χ3v) is 4.38. The monoisotopic (exact) mass is 307 g/mol. The van der Waals surface area contributed by atoms with E-state index >= 15 is 0 Å². The minimum Gasteiger partial charge on any atom is -0.481 e. The Balaban J connectivity index is 2.26. The Morgan fingerprint density at radius 2 is 1.91 bits per heavy atom. The summed E-state index contributed by atoms with van der Waals surface area (Å²) in [6.07, 6.45) is 0.569. The van der Waals surface area contributed by atoms with E-state index in [0.717, 1.165) is 0 Å². The number of amides is 1. The molecule has 2 unspecified atom stereocenters. The van der Waals surface area contributed by atoms with Gasteiger partial charge in [-0.1, -0.05) is 25.1 Å². The van der Waals surface area contributed by atoms with Crippen LogP contribution in [-0.2, 0) is 15.0 Å². The second kappa shape index (κ2) is 6.07. The van der Waals surface area contributed by atoms with Crippen molar-refractivity contribution in [2.45, 2.75) is 32.6 Å². The predicted octanol–water partition coefficient (Wildman–Crippen LogP) is 2.67. The zero-order chi connectivity index (χ0) is 16.5. The molecule has 2 atom stereocenters. The second-order valence-electron chi connectivity index (χ2n) is 6.69. The number of piperidine rings is 1. The van der Waals surface area contributed by atoms with Crippen molar-refractivity contribution in [3.05, 3.63) is 35.6 Å². The molecule has 0 aromatic heterocycles. The molecule has 0 bridgehead atoms. The van der Waals surface area contributed by atoms with Gasteiger partial charge in [-0.3, -0.25) is 9.59 Å². The molecule has 0 spiro atoms. The number of benzene rings is 1. The first-order valence-electron chi connectivity index (χ1n) is 7.50. The fourth-order valence-corrected chi connectivity index (χ4v) is 3.17. The van der Waals surface area contributed by atoms with Crippen molar-refractivity contribution in [1.29, 1.82) is 0 Å². The maximum Gasteiger partial charge on any atom is 0.308 e. The van der Waals surface area contributed by atoms with Gasteiger partial charge in [0.15, 0.2) is 0 Å². The van der Waals surface area contributed by atoms with E-state index < -0.39 is 23.1 Å². The van der Waals surface area contributed by atoms with Crippen molar-refractivity contribution < 1.29 is 19.1 Å². The maximum atomic E-state index is 14.0. The summed E-state index contributed by atoms with van der Waals surface area (Å²) in [7, 11) is 0. The topological polar surface area (TPSA) is 57.6 Å². The molecule has 1 saturated heterocycles. The van der Waals surface area contributed by atoms with Crippen molar-refractivity contribution >= 4 is 11.9 Å². The first-order chi connectivity index (χ1) is 10.2. The second-order valence-corrected chi connectivity index (χ2v) is 6.69. The van der Waals surface area contributed by atoms with Crippen LogP contribution in [0.5, 0.6) is 0 Å². The molecular weight excluding hydrogens is 285 g/mol. The minimum absolute atomic E-state index is 0.121. The van der Waals surface area contributed by atoms with Gasteiger partial charge in [0, 0.05) is 18.7 Å². The lowest BCUT2D eigenvalue weighted by molar-refractivity contribution is -0.148. The molecule has 1 fully saturated rings. The van der Waals surface area contributed by atoms with E-state index in [1.807, 2.05) is 6.92 Å². The van der Waals surface area contributed by atoms with Crippen LogP contribution in [0.25, 0.3) is 0 Å². The number of carboxylic acid groups (broad SMARTS) is 1. The Kier molecular flexibility index (Phi) is 4.54. The van der Waals surface area contributed by atoms with Gasteiger partial charge in [0.1, 0.15) is 5.82 Å². The van der Waals surface area contributed by atoms with Gasteiger partial charge in [0.2, 0.25) is 5.91 Å². The summed E-state index contributed by atoms with van der Waals surface area (Å²) >= 11 is 0. The minimum atomic E-state index is -1.02. The van der Waals surface area contributed by atoms with Gasteiger partial charge < -0.3 is 10.0 Å². The number of hydrogen-bond donors (Lipinski definition) is 1. The number of likely N-dealkylation sites (tertiary alicyclic amines) is 1. The van der Waals surface area contributed by atoms with Crippen molar-refractivity contribution in [1.82, 2.24) is 4.90 Å². The Morgan fingerprint density at radius 1 is 1.27 bits per heavy atom. The molecule has 1 aromatic carbocycles. The Bertz CT molecular complexity index is 585. The summed E-state index contributed by atoms with van der Waals surface area (Å²) in [4.78, 5) is 25.7. The number of carboxylic acids is 1. The Morgan fingerprint density at radius 3 is 2.50 bits per heavy atom. The number of nitrogens with zero attached hydrogens (tertiary/aromatic N) is 1. The van der Waals surface area contributed by atoms with Crippen LogP contribution in [0.4, 0.5) is 4.39 Å². The summed E-state index contributed by atoms with van der Waals surface area (Å²) in [6.45, 7) is 6.01. The highest BCUT2D eigenvalue weighted by Crippen LogP contribution is 2.31. The molecule has 0 aliphatic carbocycles. The van der Waals surface area contributed by atoms with Crippen molar-refractivity contribution in [2.75, 3.05) is 13.1 Å². The molecule has 1 aliphatic rings. The molecule has 1 aliphatic heterocycles. The first-order valence-corrected chi connectivity index (χ1v) is 7.50. The molecule has 1 aromatic rings. The highest BCUT2D eigenvalue weighted by molar-refractivity contribution is 5.88. The summed E-state index contributed by atoms with van der Waals surface area (Å²) in [5.41, 5.74) is -0.684. The van der Waals surface area contributed by atoms with Gasteiger partial charge in [-0.15, -0.1) is 0 Å². The number of carbonyl (C=O) groups is 2. The molecule has 5 heteroatoms. The van der Waals surface area contributed by atoms with E-state index in [4.69, 9.17) is 0 Å². The zero-order valence-electron chi connectivity index (χ0n) is 13.2. The number of hydrogen-bond acceptors (Lipinski definition) is 2. The molecule has 0 saturated carbocycles. The van der Waals surface area contributed by atoms with Gasteiger partial charge in [0.05, 0.1) is 11.3 Å². The van der Waals surface area contributed by atoms with E-state index in [9.17, 15) is 19.1 Å². The third-order valence-electron chi connectivity index (χ3n) is 4.38. The van der Waals surface area contributed by atoms with Crippen molar-refractivity contribution in [2.24, 2.45) is 11.8 Å². The van der Waals surface area contributed by atoms with Crippen LogP contribution >= 0.6 is 0 Å². The van der Waals surface area contributed by atoms with Crippen LogP contribution in [0.3, 0.4) is 0 Å². The highest BCUT2D eigenvalue weighted by Gasteiger charge is 2.40. The van der Waals surface area contributed by atoms with Gasteiger partial charge in [-0.05, 0) is 32.3 Å². The molecule has 4 nitrogen and oxygen atoms in total. The SMILES string of the molecule is CC1CC(C(=O)O)CN(C(=O)C(C)(C)c2ccccc2F)C1. The number of rotatable bonds is 3. The first kappa shape index (κ1) is 16.5. The van der Waals surface area contributed by atoms with Crippen LogP contribution < -0.4 is 0 Å². The van der Waals surface area contributed by atoms with E-state index in [-0.39, 0.29) is 18.4 Å². The summed E-state index contributed by atoms with van der Waals surface area (Å²) in [5.74, 6) is -1.96.